The van der Waals surface area contributed by atoms with E-state index in [1.165, 1.54) is 30.1 Å². The Kier molecular flexibility index (Phi) is 15.4. The number of rotatable bonds is 8. The molecule has 0 aliphatic carbocycles. The zero-order valence-electron chi connectivity index (χ0n) is 29.0. The molecular weight excluding hydrogens is 695 g/mol. The quantitative estimate of drug-likeness (QED) is 0.122. The van der Waals surface area contributed by atoms with E-state index in [-0.39, 0.29) is 17.1 Å². The number of nitrogens with zero attached hydrogens (tertiary/aromatic N) is 6. The van der Waals surface area contributed by atoms with E-state index >= 15 is 0 Å². The predicted molar refractivity (Wildman–Crippen MR) is 197 cm³/mol. The number of aromatic nitrogens is 4. The number of nitrogen functional groups attached to an aromatic ring is 1. The van der Waals surface area contributed by atoms with E-state index in [9.17, 15) is 9.59 Å². The number of carbonyl (C=O) groups is 2. The number of halogens is 3. The van der Waals surface area contributed by atoms with E-state index in [0.717, 1.165) is 22.8 Å². The molecule has 49 heavy (non-hydrogen) atoms. The molecule has 17 heteroatoms. The van der Waals surface area contributed by atoms with Gasteiger partial charge in [0, 0.05) is 77.9 Å². The second-order valence-electron chi connectivity index (χ2n) is 10.5. The molecule has 0 bridgehead atoms. The van der Waals surface area contributed by atoms with Crippen molar-refractivity contribution < 1.29 is 19.1 Å². The molecule has 5 N–H and O–H groups in total. The van der Waals surface area contributed by atoms with Crippen molar-refractivity contribution in [3.8, 4) is 11.5 Å². The maximum atomic E-state index is 12.2. The zero-order chi connectivity index (χ0) is 37.0. The van der Waals surface area contributed by atoms with Crippen molar-refractivity contribution in [2.24, 2.45) is 0 Å². The van der Waals surface area contributed by atoms with Crippen LogP contribution in [-0.4, -0.2) is 98.1 Å². The van der Waals surface area contributed by atoms with Crippen LogP contribution in [0.5, 0.6) is 11.5 Å². The number of hydrogen-bond donors (Lipinski definition) is 4. The number of benzene rings is 2. The fraction of sp³-hybridized carbons (Fsp3) is 0.312. The van der Waals surface area contributed by atoms with E-state index in [0.29, 0.717) is 50.0 Å². The number of nitrogens with one attached hydrogen (secondary N) is 3. The van der Waals surface area contributed by atoms with Gasteiger partial charge in [0.05, 0.1) is 46.8 Å². The highest BCUT2D eigenvalue weighted by molar-refractivity contribution is 6.34. The number of nitrogens with two attached hydrogens (primary N) is 1. The Morgan fingerprint density at radius 2 is 1.20 bits per heavy atom. The first-order chi connectivity index (χ1) is 23.1. The molecule has 0 spiro atoms. The van der Waals surface area contributed by atoms with Crippen molar-refractivity contribution in [1.82, 2.24) is 29.7 Å². The summed E-state index contributed by atoms with van der Waals surface area (Å²) in [6, 6.07) is 6.27. The molecule has 4 aromatic rings. The summed E-state index contributed by atoms with van der Waals surface area (Å²) in [7, 11) is 13.2. The number of carbonyl (C=O) groups excluding carboxylic acids is 2. The Bertz CT molecular complexity index is 1770. The van der Waals surface area contributed by atoms with E-state index in [4.69, 9.17) is 50.0 Å². The van der Waals surface area contributed by atoms with Crippen LogP contribution in [0.25, 0.3) is 0 Å². The molecule has 0 fully saturated rings. The first-order valence-corrected chi connectivity index (χ1v) is 15.6. The van der Waals surface area contributed by atoms with Gasteiger partial charge in [0.15, 0.2) is 0 Å². The van der Waals surface area contributed by atoms with Gasteiger partial charge in [-0.3, -0.25) is 9.59 Å². The fourth-order valence-corrected chi connectivity index (χ4v) is 4.43. The van der Waals surface area contributed by atoms with Crippen molar-refractivity contribution in [2.75, 3.05) is 78.2 Å². The topological polar surface area (TPSA) is 173 Å². The van der Waals surface area contributed by atoms with Gasteiger partial charge in [0.25, 0.3) is 11.8 Å². The molecule has 0 radical (unpaired) electrons. The predicted octanol–water partition coefficient (Wildman–Crippen LogP) is 6.05. The molecule has 0 saturated heterocycles. The molecule has 264 valence electrons. The lowest BCUT2D eigenvalue weighted by Gasteiger charge is -2.16. The summed E-state index contributed by atoms with van der Waals surface area (Å²) in [6.45, 7) is 3.83. The molecular formula is C32H41Cl3N10O4. The summed E-state index contributed by atoms with van der Waals surface area (Å²) in [5.74, 6) is 2.37. The van der Waals surface area contributed by atoms with Crippen LogP contribution in [0.15, 0.2) is 36.7 Å². The summed E-state index contributed by atoms with van der Waals surface area (Å²) in [5.41, 5.74) is 9.26. The summed E-state index contributed by atoms with van der Waals surface area (Å²) in [4.78, 5) is 43.2. The Morgan fingerprint density at radius 3 is 1.67 bits per heavy atom. The van der Waals surface area contributed by atoms with Gasteiger partial charge in [0.2, 0.25) is 11.2 Å². The van der Waals surface area contributed by atoms with Crippen LogP contribution >= 0.6 is 34.8 Å². The smallest absolute Gasteiger partial charge is 0.257 e. The number of ether oxygens (including phenoxy) is 2. The van der Waals surface area contributed by atoms with Crippen LogP contribution < -0.4 is 31.2 Å². The minimum atomic E-state index is -0.190. The molecule has 0 aliphatic heterocycles. The number of anilines is 5. The Labute approximate surface area is 301 Å². The normalized spacial score (nSPS) is 9.98. The van der Waals surface area contributed by atoms with Crippen LogP contribution in [0.1, 0.15) is 31.8 Å². The molecule has 0 atom stereocenters. The van der Waals surface area contributed by atoms with Crippen molar-refractivity contribution in [3.05, 3.63) is 74.2 Å². The first kappa shape index (κ1) is 40.4. The molecule has 0 aliphatic rings. The Hall–Kier alpha value is -4.79. The molecule has 14 nitrogen and oxygen atoms in total. The van der Waals surface area contributed by atoms with Crippen LogP contribution in [0, 0.1) is 13.8 Å². The Morgan fingerprint density at radius 1 is 0.735 bits per heavy atom. The lowest BCUT2D eigenvalue weighted by atomic mass is 10.1. The number of methoxy groups -OCH3 is 2. The third kappa shape index (κ3) is 11.1. The van der Waals surface area contributed by atoms with E-state index in [1.54, 1.807) is 72.9 Å². The van der Waals surface area contributed by atoms with E-state index in [1.807, 2.05) is 13.8 Å². The highest BCUT2D eigenvalue weighted by atomic mass is 35.5. The number of amides is 2. The second-order valence-corrected chi connectivity index (χ2v) is 11.7. The molecule has 2 aromatic carbocycles. The van der Waals surface area contributed by atoms with Gasteiger partial charge >= 0.3 is 0 Å². The molecule has 0 unspecified atom stereocenters. The standard InChI is InChI=1S/C16H20ClN5O2.C10H13ClN2O2.C6H8ClN3/c1-9-8-19-16(21-14(9)18-2)20-12-7-13(24-5)10(6-11(12)17)15(23)22(3)4;1-13(2)10(14)6-4-7(11)8(12)5-9(6)15-3;1-4-3-9-6(7)10-5(4)8-2/h6-8H,1-5H3,(H2,18,19,20,21);4-5H,12H2,1-3H3;3H,1-2H3,(H,8,9,10). The maximum absolute atomic E-state index is 12.2. The largest absolute Gasteiger partial charge is 0.496 e. The van der Waals surface area contributed by atoms with E-state index in [2.05, 4.69) is 35.9 Å². The monoisotopic (exact) mass is 734 g/mol. The summed E-state index contributed by atoms with van der Waals surface area (Å²) in [6.07, 6.45) is 3.39. The fourth-order valence-electron chi connectivity index (χ4n) is 3.92. The van der Waals surface area contributed by atoms with Crippen molar-refractivity contribution in [1.29, 1.82) is 0 Å². The van der Waals surface area contributed by atoms with Gasteiger partial charge in [-0.1, -0.05) is 23.2 Å². The van der Waals surface area contributed by atoms with Gasteiger partial charge < -0.3 is 41.0 Å². The minimum Gasteiger partial charge on any atom is -0.496 e. The molecule has 2 heterocycles. The summed E-state index contributed by atoms with van der Waals surface area (Å²) < 4.78 is 10.4. The highest BCUT2D eigenvalue weighted by Crippen LogP contribution is 2.33. The third-order valence-electron chi connectivity index (χ3n) is 6.52. The van der Waals surface area contributed by atoms with Crippen molar-refractivity contribution >= 4 is 75.6 Å². The van der Waals surface area contributed by atoms with Crippen molar-refractivity contribution in [2.45, 2.75) is 13.8 Å². The van der Waals surface area contributed by atoms with E-state index < -0.39 is 0 Å². The highest BCUT2D eigenvalue weighted by Gasteiger charge is 2.18. The lowest BCUT2D eigenvalue weighted by Crippen LogP contribution is -2.22. The first-order valence-electron chi connectivity index (χ1n) is 14.5. The summed E-state index contributed by atoms with van der Waals surface area (Å²) in [5, 5.41) is 9.93. The average molecular weight is 736 g/mol. The molecule has 0 saturated carbocycles. The van der Waals surface area contributed by atoms with Crippen LogP contribution in [0.4, 0.5) is 29.0 Å². The van der Waals surface area contributed by atoms with Crippen LogP contribution in [-0.2, 0) is 0 Å². The number of aryl methyl sites for hydroxylation is 2. The average Bonchev–Trinajstić information content (AvgIpc) is 3.08. The van der Waals surface area contributed by atoms with Crippen molar-refractivity contribution in [3.63, 3.8) is 0 Å². The number of hydrogen-bond acceptors (Lipinski definition) is 12. The lowest BCUT2D eigenvalue weighted by molar-refractivity contribution is 0.0817. The van der Waals surface area contributed by atoms with Gasteiger partial charge in [-0.25, -0.2) is 15.0 Å². The molecule has 2 amide bonds. The maximum Gasteiger partial charge on any atom is 0.257 e. The summed E-state index contributed by atoms with van der Waals surface area (Å²) >= 11 is 17.7. The minimum absolute atomic E-state index is 0.172. The molecule has 2 aromatic heterocycles. The SMILES string of the molecule is CNc1nc(Cl)ncc1C.CNc1nc(Nc2cc(OC)c(C(=O)N(C)C)cc2Cl)ncc1C.COc1cc(N)c(Cl)cc1C(=O)N(C)C. The molecule has 4 rings (SSSR count). The van der Waals surface area contributed by atoms with Crippen LogP contribution in [0.2, 0.25) is 15.3 Å². The van der Waals surface area contributed by atoms with Gasteiger partial charge in [-0.2, -0.15) is 4.98 Å². The van der Waals surface area contributed by atoms with Gasteiger partial charge in [-0.05, 0) is 37.6 Å². The third-order valence-corrected chi connectivity index (χ3v) is 7.34. The van der Waals surface area contributed by atoms with Crippen LogP contribution in [0.3, 0.4) is 0 Å². The second kappa shape index (κ2) is 18.7. The Balaban J connectivity index is 0.000000283. The zero-order valence-corrected chi connectivity index (χ0v) is 31.3. The van der Waals surface area contributed by atoms with Gasteiger partial charge in [0.1, 0.15) is 23.1 Å². The van der Waals surface area contributed by atoms with Gasteiger partial charge in [-0.15, -0.1) is 0 Å².